The van der Waals surface area contributed by atoms with Crippen molar-refractivity contribution < 1.29 is 18.0 Å². The molecule has 3 rings (SSSR count). The van der Waals surface area contributed by atoms with Crippen molar-refractivity contribution in [3.05, 3.63) is 93.4 Å². The molecule has 0 heterocycles. The highest BCUT2D eigenvalue weighted by molar-refractivity contribution is 9.10. The Morgan fingerprint density at radius 3 is 2.35 bits per heavy atom. The molecule has 37 heavy (non-hydrogen) atoms. The van der Waals surface area contributed by atoms with Crippen LogP contribution in [0.25, 0.3) is 0 Å². The van der Waals surface area contributed by atoms with E-state index in [-0.39, 0.29) is 23.0 Å². The van der Waals surface area contributed by atoms with Crippen LogP contribution in [-0.4, -0.2) is 44.3 Å². The number of hydrogen-bond donors (Lipinski definition) is 1. The number of carbonyl (C=O) groups excluding carboxylic acids is 2. The van der Waals surface area contributed by atoms with Crippen molar-refractivity contribution in [2.24, 2.45) is 0 Å². The Bertz CT molecular complexity index is 1370. The number of likely N-dealkylation sites (N-methyl/N-ethyl adjacent to an activating group) is 1. The maximum Gasteiger partial charge on any atom is 0.264 e. The second kappa shape index (κ2) is 12.6. The Hall–Kier alpha value is -2.88. The fourth-order valence-electron chi connectivity index (χ4n) is 3.72. The molecule has 0 saturated heterocycles. The van der Waals surface area contributed by atoms with Gasteiger partial charge in [-0.3, -0.25) is 13.9 Å². The Balaban J connectivity index is 2.04. The topological polar surface area (TPSA) is 86.8 Å². The average Bonchev–Trinajstić information content (AvgIpc) is 2.87. The molecule has 0 saturated carbocycles. The maximum atomic E-state index is 13.8. The summed E-state index contributed by atoms with van der Waals surface area (Å²) < 4.78 is 29.3. The molecule has 0 aromatic heterocycles. The lowest BCUT2D eigenvalue weighted by atomic mass is 10.1. The highest BCUT2D eigenvalue weighted by Gasteiger charge is 2.32. The molecule has 1 atom stereocenters. The molecule has 0 aliphatic heterocycles. The van der Waals surface area contributed by atoms with Gasteiger partial charge in [0, 0.05) is 22.6 Å². The fourth-order valence-corrected chi connectivity index (χ4v) is 5.77. The molecule has 196 valence electrons. The van der Waals surface area contributed by atoms with E-state index in [2.05, 4.69) is 21.2 Å². The van der Waals surface area contributed by atoms with E-state index in [1.54, 1.807) is 51.1 Å². The first-order valence-electron chi connectivity index (χ1n) is 11.7. The van der Waals surface area contributed by atoms with Crippen molar-refractivity contribution in [1.82, 2.24) is 10.2 Å². The van der Waals surface area contributed by atoms with E-state index in [9.17, 15) is 18.0 Å². The van der Waals surface area contributed by atoms with Crippen molar-refractivity contribution in [1.29, 1.82) is 0 Å². The molecule has 1 unspecified atom stereocenters. The Morgan fingerprint density at radius 1 is 1.03 bits per heavy atom. The Labute approximate surface area is 231 Å². The van der Waals surface area contributed by atoms with Gasteiger partial charge in [0.25, 0.3) is 10.0 Å². The van der Waals surface area contributed by atoms with Gasteiger partial charge in [-0.25, -0.2) is 8.42 Å². The van der Waals surface area contributed by atoms with Crippen LogP contribution >= 0.6 is 27.5 Å². The molecule has 7 nitrogen and oxygen atoms in total. The van der Waals surface area contributed by atoms with Crippen molar-refractivity contribution >= 4 is 55.1 Å². The molecule has 0 bridgehead atoms. The van der Waals surface area contributed by atoms with Crippen molar-refractivity contribution in [3.8, 4) is 0 Å². The molecule has 3 aromatic carbocycles. The summed E-state index contributed by atoms with van der Waals surface area (Å²) in [4.78, 5) is 28.0. The van der Waals surface area contributed by atoms with Gasteiger partial charge in [-0.2, -0.15) is 0 Å². The standard InChI is InChI=1S/C27H29BrClN3O4S/c1-4-30-27(34)20(3)31(17-21-9-8-10-22(28)15-21)26(33)18-32(23-14-13-19(2)25(29)16-23)37(35,36)24-11-6-5-7-12-24/h5-16,20H,4,17-18H2,1-3H3,(H,30,34). The number of amides is 2. The summed E-state index contributed by atoms with van der Waals surface area (Å²) in [5, 5.41) is 3.12. The molecular weight excluding hydrogens is 578 g/mol. The van der Waals surface area contributed by atoms with Gasteiger partial charge in [0.05, 0.1) is 10.6 Å². The van der Waals surface area contributed by atoms with Gasteiger partial charge < -0.3 is 10.2 Å². The van der Waals surface area contributed by atoms with Crippen LogP contribution in [0.1, 0.15) is 25.0 Å². The number of benzene rings is 3. The molecule has 0 spiro atoms. The minimum Gasteiger partial charge on any atom is -0.355 e. The highest BCUT2D eigenvalue weighted by atomic mass is 79.9. The molecule has 1 N–H and O–H groups in total. The number of anilines is 1. The first kappa shape index (κ1) is 28.7. The molecule has 3 aromatic rings. The second-order valence-corrected chi connectivity index (χ2v) is 11.7. The molecule has 0 radical (unpaired) electrons. The van der Waals surface area contributed by atoms with E-state index in [1.807, 2.05) is 24.3 Å². The van der Waals surface area contributed by atoms with Crippen LogP contribution < -0.4 is 9.62 Å². The summed E-state index contributed by atoms with van der Waals surface area (Å²) in [5.41, 5.74) is 1.81. The maximum absolute atomic E-state index is 13.8. The number of halogens is 2. The van der Waals surface area contributed by atoms with E-state index >= 15 is 0 Å². The van der Waals surface area contributed by atoms with Crippen LogP contribution in [0.5, 0.6) is 0 Å². The summed E-state index contributed by atoms with van der Waals surface area (Å²) in [6, 6.07) is 19.3. The van der Waals surface area contributed by atoms with Crippen LogP contribution in [0.4, 0.5) is 5.69 Å². The van der Waals surface area contributed by atoms with Crippen LogP contribution in [0, 0.1) is 6.92 Å². The summed E-state index contributed by atoms with van der Waals surface area (Å²) in [7, 11) is -4.13. The molecule has 0 aliphatic rings. The predicted molar refractivity (Wildman–Crippen MR) is 150 cm³/mol. The normalized spacial score (nSPS) is 12.0. The quantitative estimate of drug-likeness (QED) is 0.346. The smallest absolute Gasteiger partial charge is 0.264 e. The third-order valence-corrected chi connectivity index (χ3v) is 8.50. The number of rotatable bonds is 10. The largest absolute Gasteiger partial charge is 0.355 e. The summed E-state index contributed by atoms with van der Waals surface area (Å²) in [5.74, 6) is -0.864. The molecule has 2 amide bonds. The van der Waals surface area contributed by atoms with E-state index in [4.69, 9.17) is 11.6 Å². The summed E-state index contributed by atoms with van der Waals surface area (Å²) >= 11 is 9.76. The minimum absolute atomic E-state index is 0.0369. The average molecular weight is 607 g/mol. The van der Waals surface area contributed by atoms with E-state index in [1.165, 1.54) is 23.1 Å². The van der Waals surface area contributed by atoms with E-state index in [0.717, 1.165) is 19.9 Å². The first-order valence-corrected chi connectivity index (χ1v) is 14.3. The second-order valence-electron chi connectivity index (χ2n) is 8.48. The third-order valence-electron chi connectivity index (χ3n) is 5.81. The fraction of sp³-hybridized carbons (Fsp3) is 0.259. The predicted octanol–water partition coefficient (Wildman–Crippen LogP) is 5.16. The van der Waals surface area contributed by atoms with E-state index < -0.39 is 28.5 Å². The van der Waals surface area contributed by atoms with E-state index in [0.29, 0.717) is 11.6 Å². The van der Waals surface area contributed by atoms with Gasteiger partial charge in [0.15, 0.2) is 0 Å². The zero-order valence-electron chi connectivity index (χ0n) is 20.8. The first-order chi connectivity index (χ1) is 17.5. The summed E-state index contributed by atoms with van der Waals surface area (Å²) in [6.07, 6.45) is 0. The van der Waals surface area contributed by atoms with Crippen LogP contribution in [0.3, 0.4) is 0 Å². The Kier molecular flexibility index (Phi) is 9.75. The number of aryl methyl sites for hydroxylation is 1. The number of sulfonamides is 1. The number of hydrogen-bond acceptors (Lipinski definition) is 4. The van der Waals surface area contributed by atoms with Gasteiger partial charge in [-0.1, -0.05) is 63.9 Å². The monoisotopic (exact) mass is 605 g/mol. The van der Waals surface area contributed by atoms with Crippen molar-refractivity contribution in [3.63, 3.8) is 0 Å². The van der Waals surface area contributed by atoms with Crippen LogP contribution in [-0.2, 0) is 26.2 Å². The summed E-state index contributed by atoms with van der Waals surface area (Å²) in [6.45, 7) is 5.22. The number of nitrogens with one attached hydrogen (secondary N) is 1. The SMILES string of the molecule is CCNC(=O)C(C)N(Cc1cccc(Br)c1)C(=O)CN(c1ccc(C)c(Cl)c1)S(=O)(=O)c1ccccc1. The van der Waals surface area contributed by atoms with Gasteiger partial charge in [-0.05, 0) is 68.3 Å². The molecule has 10 heteroatoms. The number of carbonyl (C=O) groups is 2. The van der Waals surface area contributed by atoms with Crippen molar-refractivity contribution in [2.45, 2.75) is 38.3 Å². The lowest BCUT2D eigenvalue weighted by Crippen LogP contribution is -2.51. The lowest BCUT2D eigenvalue weighted by molar-refractivity contribution is -0.139. The van der Waals surface area contributed by atoms with Gasteiger partial charge >= 0.3 is 0 Å². The van der Waals surface area contributed by atoms with Crippen molar-refractivity contribution in [2.75, 3.05) is 17.4 Å². The molecule has 0 fully saturated rings. The Morgan fingerprint density at radius 2 is 1.73 bits per heavy atom. The van der Waals surface area contributed by atoms with Gasteiger partial charge in [0.2, 0.25) is 11.8 Å². The molecule has 0 aliphatic carbocycles. The third kappa shape index (κ3) is 7.12. The molecular formula is C27H29BrClN3O4S. The van der Waals surface area contributed by atoms with Gasteiger partial charge in [-0.15, -0.1) is 0 Å². The lowest BCUT2D eigenvalue weighted by Gasteiger charge is -2.32. The van der Waals surface area contributed by atoms with Crippen LogP contribution in [0.2, 0.25) is 5.02 Å². The zero-order chi connectivity index (χ0) is 27.2. The number of nitrogens with zero attached hydrogens (tertiary/aromatic N) is 2. The van der Waals surface area contributed by atoms with Crippen LogP contribution in [0.15, 0.2) is 82.2 Å². The van der Waals surface area contributed by atoms with Gasteiger partial charge in [0.1, 0.15) is 12.6 Å². The zero-order valence-corrected chi connectivity index (χ0v) is 24.0. The minimum atomic E-state index is -4.13. The highest BCUT2D eigenvalue weighted by Crippen LogP contribution is 2.28.